The molecule has 0 fully saturated rings. The van der Waals surface area contributed by atoms with Crippen LogP contribution in [-0.4, -0.2) is 65.7 Å². The van der Waals surface area contributed by atoms with E-state index in [0.29, 0.717) is 19.3 Å². The number of rotatable bonds is 39. The molecule has 1 unspecified atom stereocenters. The predicted octanol–water partition coefficient (Wildman–Crippen LogP) is 10.9. The second kappa shape index (κ2) is 39.2. The second-order valence-electron chi connectivity index (χ2n) is 14.0. The van der Waals surface area contributed by atoms with Crippen LogP contribution in [0.4, 0.5) is 0 Å². The van der Waals surface area contributed by atoms with E-state index in [0.717, 1.165) is 44.9 Å². The third-order valence-electron chi connectivity index (χ3n) is 8.74. The molecule has 0 rings (SSSR count). The van der Waals surface area contributed by atoms with Crippen LogP contribution in [0.5, 0.6) is 0 Å². The number of phosphoric acid groups is 1. The number of carbonyl (C=O) groups excluding carboxylic acids is 2. The van der Waals surface area contributed by atoms with Crippen LogP contribution in [0.15, 0.2) is 48.6 Å². The zero-order valence-electron chi connectivity index (χ0n) is 33.9. The molecule has 10 nitrogen and oxygen atoms in total. The Morgan fingerprint density at radius 2 is 0.981 bits per heavy atom. The Hall–Kier alpha value is -2.07. The molecule has 0 amide bonds. The molecule has 0 bridgehead atoms. The van der Waals surface area contributed by atoms with Crippen LogP contribution in [0.2, 0.25) is 0 Å². The first kappa shape index (κ1) is 51.9. The molecule has 11 heteroatoms. The van der Waals surface area contributed by atoms with Crippen molar-refractivity contribution in [2.24, 2.45) is 0 Å². The summed E-state index contributed by atoms with van der Waals surface area (Å²) in [5.41, 5.74) is 0. The molecule has 0 saturated carbocycles. The minimum absolute atomic E-state index is 0.166. The first-order chi connectivity index (χ1) is 26.2. The molecular formula is C43H77O10P. The Morgan fingerprint density at radius 1 is 0.556 bits per heavy atom. The number of unbranched alkanes of at least 4 members (excludes halogenated alkanes) is 17. The van der Waals surface area contributed by atoms with Gasteiger partial charge in [0.2, 0.25) is 0 Å². The van der Waals surface area contributed by atoms with Crippen LogP contribution in [-0.2, 0) is 32.7 Å². The highest BCUT2D eigenvalue weighted by Crippen LogP contribution is 2.43. The second-order valence-corrected chi connectivity index (χ2v) is 15.5. The number of ether oxygens (including phenoxy) is 2. The van der Waals surface area contributed by atoms with Gasteiger partial charge in [0, 0.05) is 12.8 Å². The van der Waals surface area contributed by atoms with Crippen LogP contribution in [0.25, 0.3) is 0 Å². The van der Waals surface area contributed by atoms with Gasteiger partial charge in [-0.15, -0.1) is 0 Å². The quantitative estimate of drug-likeness (QED) is 0.0238. The number of esters is 2. The van der Waals surface area contributed by atoms with Crippen LogP contribution >= 0.6 is 7.82 Å². The summed E-state index contributed by atoms with van der Waals surface area (Å²) in [7, 11) is -4.63. The normalized spacial score (nSPS) is 14.4. The fourth-order valence-electron chi connectivity index (χ4n) is 5.46. The van der Waals surface area contributed by atoms with E-state index in [1.54, 1.807) is 0 Å². The van der Waals surface area contributed by atoms with Gasteiger partial charge in [0.05, 0.1) is 19.8 Å². The lowest BCUT2D eigenvalue weighted by Crippen LogP contribution is -2.29. The van der Waals surface area contributed by atoms with Crippen molar-refractivity contribution in [1.82, 2.24) is 0 Å². The number of hydrogen-bond donors (Lipinski definition) is 3. The van der Waals surface area contributed by atoms with Crippen molar-refractivity contribution >= 4 is 19.8 Å². The molecule has 0 spiro atoms. The summed E-state index contributed by atoms with van der Waals surface area (Å²) in [5, 5.41) is 18.3. The summed E-state index contributed by atoms with van der Waals surface area (Å²) in [6.07, 6.45) is 40.8. The number of aliphatic hydroxyl groups excluding tert-OH is 2. The van der Waals surface area contributed by atoms with E-state index in [2.05, 4.69) is 60.9 Å². The summed E-state index contributed by atoms with van der Waals surface area (Å²) in [4.78, 5) is 34.9. The molecule has 3 N–H and O–H groups in total. The first-order valence-corrected chi connectivity index (χ1v) is 22.6. The van der Waals surface area contributed by atoms with Gasteiger partial charge in [-0.1, -0.05) is 159 Å². The third-order valence-corrected chi connectivity index (χ3v) is 9.69. The first-order valence-electron chi connectivity index (χ1n) is 21.1. The van der Waals surface area contributed by atoms with Crippen molar-refractivity contribution in [3.63, 3.8) is 0 Å². The van der Waals surface area contributed by atoms with Crippen LogP contribution < -0.4 is 0 Å². The van der Waals surface area contributed by atoms with Gasteiger partial charge >= 0.3 is 19.8 Å². The number of carbonyl (C=O) groups is 2. The van der Waals surface area contributed by atoms with Gasteiger partial charge in [0.25, 0.3) is 0 Å². The summed E-state index contributed by atoms with van der Waals surface area (Å²) < 4.78 is 32.6. The van der Waals surface area contributed by atoms with E-state index in [1.165, 1.54) is 83.5 Å². The molecule has 0 aliphatic heterocycles. The highest BCUT2D eigenvalue weighted by molar-refractivity contribution is 7.47. The Morgan fingerprint density at radius 3 is 1.50 bits per heavy atom. The van der Waals surface area contributed by atoms with E-state index < -0.39 is 51.8 Å². The molecule has 0 aliphatic carbocycles. The largest absolute Gasteiger partial charge is 0.472 e. The lowest BCUT2D eigenvalue weighted by Gasteiger charge is -2.20. The minimum Gasteiger partial charge on any atom is -0.462 e. The minimum atomic E-state index is -4.63. The van der Waals surface area contributed by atoms with E-state index in [-0.39, 0.29) is 19.4 Å². The maximum atomic E-state index is 12.6. The van der Waals surface area contributed by atoms with Gasteiger partial charge in [0.1, 0.15) is 12.7 Å². The summed E-state index contributed by atoms with van der Waals surface area (Å²) in [6, 6.07) is 0. The maximum absolute atomic E-state index is 12.6. The average molecular weight is 785 g/mol. The number of aliphatic hydroxyl groups is 2. The number of hydrogen-bond acceptors (Lipinski definition) is 9. The van der Waals surface area contributed by atoms with Gasteiger partial charge in [-0.2, -0.15) is 0 Å². The van der Waals surface area contributed by atoms with Gasteiger partial charge in [0.15, 0.2) is 6.10 Å². The third kappa shape index (κ3) is 38.2. The average Bonchev–Trinajstić information content (AvgIpc) is 3.16. The van der Waals surface area contributed by atoms with Gasteiger partial charge in [-0.3, -0.25) is 18.6 Å². The van der Waals surface area contributed by atoms with Crippen LogP contribution in [0, 0.1) is 0 Å². The van der Waals surface area contributed by atoms with Crippen molar-refractivity contribution < 1.29 is 47.8 Å². The van der Waals surface area contributed by atoms with E-state index in [9.17, 15) is 24.2 Å². The molecule has 0 saturated heterocycles. The van der Waals surface area contributed by atoms with Crippen molar-refractivity contribution in [2.75, 3.05) is 26.4 Å². The molecule has 3 atom stereocenters. The fraction of sp³-hybridized carbons (Fsp3) is 0.767. The lowest BCUT2D eigenvalue weighted by molar-refractivity contribution is -0.161. The predicted molar refractivity (Wildman–Crippen MR) is 219 cm³/mol. The molecule has 0 aromatic carbocycles. The lowest BCUT2D eigenvalue weighted by atomic mass is 10.0. The van der Waals surface area contributed by atoms with Crippen molar-refractivity contribution in [2.45, 2.75) is 187 Å². The topological polar surface area (TPSA) is 149 Å². The molecule has 0 aromatic heterocycles. The van der Waals surface area contributed by atoms with Crippen molar-refractivity contribution in [3.05, 3.63) is 48.6 Å². The molecule has 54 heavy (non-hydrogen) atoms. The van der Waals surface area contributed by atoms with Crippen molar-refractivity contribution in [3.8, 4) is 0 Å². The molecule has 0 aromatic rings. The summed E-state index contributed by atoms with van der Waals surface area (Å²) >= 11 is 0. The van der Waals surface area contributed by atoms with Gasteiger partial charge in [-0.25, -0.2) is 4.57 Å². The SMILES string of the molecule is CCCCC/C=C/C/C=C/C/C=C/C/C=C/CCCC(=O)OC[C@H](COP(=O)(O)OC[C@@H](O)CO)OC(=O)CCCCCCCCCCCCCCCC. The Bertz CT molecular complexity index is 1040. The zero-order chi connectivity index (χ0) is 39.8. The van der Waals surface area contributed by atoms with Gasteiger partial charge < -0.3 is 24.6 Å². The van der Waals surface area contributed by atoms with Crippen LogP contribution in [0.1, 0.15) is 174 Å². The Labute approximate surface area is 328 Å². The molecular weight excluding hydrogens is 707 g/mol. The Kier molecular flexibility index (Phi) is 37.7. The molecule has 0 heterocycles. The summed E-state index contributed by atoms with van der Waals surface area (Å²) in [5.74, 6) is -0.989. The highest BCUT2D eigenvalue weighted by atomic mass is 31.2. The monoisotopic (exact) mass is 785 g/mol. The fourth-order valence-corrected chi connectivity index (χ4v) is 6.25. The number of phosphoric ester groups is 1. The molecule has 0 radical (unpaired) electrons. The smallest absolute Gasteiger partial charge is 0.462 e. The standard InChI is InChI=1S/C43H77O10P/c1-3-5-7-9-11-13-15-17-19-20-21-23-24-26-28-30-32-34-42(46)50-38-41(39-52-54(48,49)51-37-40(45)36-44)53-43(47)35-33-31-29-27-25-22-18-16-14-12-10-8-6-4-2/h11,13,17,19,21,23,26,28,40-41,44-45H,3-10,12,14-16,18,20,22,24-25,27,29-39H2,1-2H3,(H,48,49)/b13-11+,19-17+,23-21+,28-26+/t40-,41+/m0/s1. The number of allylic oxidation sites excluding steroid dienone is 8. The maximum Gasteiger partial charge on any atom is 0.472 e. The summed E-state index contributed by atoms with van der Waals surface area (Å²) in [6.45, 7) is 2.29. The zero-order valence-corrected chi connectivity index (χ0v) is 34.8. The van der Waals surface area contributed by atoms with Crippen molar-refractivity contribution in [1.29, 1.82) is 0 Å². The van der Waals surface area contributed by atoms with E-state index in [4.69, 9.17) is 19.1 Å². The molecule has 314 valence electrons. The van der Waals surface area contributed by atoms with E-state index >= 15 is 0 Å². The van der Waals surface area contributed by atoms with Crippen LogP contribution in [0.3, 0.4) is 0 Å². The highest BCUT2D eigenvalue weighted by Gasteiger charge is 2.27. The Balaban J connectivity index is 4.40. The van der Waals surface area contributed by atoms with E-state index in [1.807, 2.05) is 6.08 Å². The molecule has 0 aliphatic rings. The van der Waals surface area contributed by atoms with Gasteiger partial charge in [-0.05, 0) is 51.4 Å².